The largest absolute Gasteiger partial charge is 0.355 e. The molecule has 17 heavy (non-hydrogen) atoms. The summed E-state index contributed by atoms with van der Waals surface area (Å²) in [6.45, 7) is 6.30. The number of piperidine rings is 1. The predicted molar refractivity (Wildman–Crippen MR) is 75.3 cm³/mol. The minimum Gasteiger partial charge on any atom is -0.355 e. The SMILES string of the molecule is CCC1CN(c2ncc(C)cc2Br)CCC1N. The maximum absolute atomic E-state index is 6.13. The van der Waals surface area contributed by atoms with Crippen molar-refractivity contribution in [3.63, 3.8) is 0 Å². The van der Waals surface area contributed by atoms with E-state index in [2.05, 4.69) is 45.7 Å². The van der Waals surface area contributed by atoms with Crippen LogP contribution in [0.2, 0.25) is 0 Å². The Bertz CT molecular complexity index is 394. The van der Waals surface area contributed by atoms with Gasteiger partial charge in [0.25, 0.3) is 0 Å². The van der Waals surface area contributed by atoms with Crippen LogP contribution in [0.5, 0.6) is 0 Å². The van der Waals surface area contributed by atoms with E-state index in [1.807, 2.05) is 6.20 Å². The van der Waals surface area contributed by atoms with Crippen LogP contribution in [0, 0.1) is 12.8 Å². The normalized spacial score (nSPS) is 25.1. The second-order valence-corrected chi connectivity index (χ2v) is 5.74. The lowest BCUT2D eigenvalue weighted by atomic mass is 9.91. The molecule has 94 valence electrons. The van der Waals surface area contributed by atoms with Crippen LogP contribution in [-0.4, -0.2) is 24.1 Å². The molecule has 1 fully saturated rings. The first-order valence-corrected chi connectivity index (χ1v) is 7.03. The molecule has 0 bridgehead atoms. The van der Waals surface area contributed by atoms with Gasteiger partial charge in [0.05, 0.1) is 4.47 Å². The lowest BCUT2D eigenvalue weighted by Gasteiger charge is -2.37. The van der Waals surface area contributed by atoms with Gasteiger partial charge in [0.2, 0.25) is 0 Å². The third-order valence-corrected chi connectivity index (χ3v) is 4.16. The molecule has 0 spiro atoms. The van der Waals surface area contributed by atoms with Crippen molar-refractivity contribution in [3.8, 4) is 0 Å². The minimum atomic E-state index is 0.348. The molecule has 4 heteroatoms. The van der Waals surface area contributed by atoms with Crippen LogP contribution in [0.25, 0.3) is 0 Å². The maximum atomic E-state index is 6.13. The highest BCUT2D eigenvalue weighted by Gasteiger charge is 2.26. The van der Waals surface area contributed by atoms with Gasteiger partial charge in [-0.2, -0.15) is 0 Å². The summed E-state index contributed by atoms with van der Waals surface area (Å²) >= 11 is 3.60. The molecule has 3 nitrogen and oxygen atoms in total. The number of halogens is 1. The molecule has 1 saturated heterocycles. The molecule has 2 N–H and O–H groups in total. The first kappa shape index (κ1) is 12.8. The summed E-state index contributed by atoms with van der Waals surface area (Å²) in [5.74, 6) is 1.64. The van der Waals surface area contributed by atoms with Crippen LogP contribution >= 0.6 is 15.9 Å². The van der Waals surface area contributed by atoms with Gasteiger partial charge in [-0.3, -0.25) is 0 Å². The van der Waals surface area contributed by atoms with E-state index < -0.39 is 0 Å². The highest BCUT2D eigenvalue weighted by Crippen LogP contribution is 2.29. The van der Waals surface area contributed by atoms with Crippen LogP contribution in [-0.2, 0) is 0 Å². The van der Waals surface area contributed by atoms with E-state index in [9.17, 15) is 0 Å². The smallest absolute Gasteiger partial charge is 0.142 e. The number of rotatable bonds is 2. The van der Waals surface area contributed by atoms with Crippen LogP contribution in [0.4, 0.5) is 5.82 Å². The zero-order valence-electron chi connectivity index (χ0n) is 10.5. The number of pyridine rings is 1. The number of hydrogen-bond donors (Lipinski definition) is 1. The van der Waals surface area contributed by atoms with Gasteiger partial charge in [0.1, 0.15) is 5.82 Å². The summed E-state index contributed by atoms with van der Waals surface area (Å²) in [6, 6.07) is 2.47. The quantitative estimate of drug-likeness (QED) is 0.913. The number of aryl methyl sites for hydroxylation is 1. The van der Waals surface area contributed by atoms with Crippen LogP contribution in [0.1, 0.15) is 25.3 Å². The van der Waals surface area contributed by atoms with Crippen molar-refractivity contribution in [3.05, 3.63) is 22.3 Å². The Morgan fingerprint density at radius 2 is 2.35 bits per heavy atom. The monoisotopic (exact) mass is 297 g/mol. The van der Waals surface area contributed by atoms with E-state index >= 15 is 0 Å². The van der Waals surface area contributed by atoms with Gasteiger partial charge in [0.15, 0.2) is 0 Å². The van der Waals surface area contributed by atoms with Crippen LogP contribution < -0.4 is 10.6 Å². The summed E-state index contributed by atoms with van der Waals surface area (Å²) in [5.41, 5.74) is 7.32. The van der Waals surface area contributed by atoms with Crippen LogP contribution in [0.15, 0.2) is 16.7 Å². The molecule has 2 heterocycles. The van der Waals surface area contributed by atoms with Crippen molar-refractivity contribution in [2.24, 2.45) is 11.7 Å². The number of hydrogen-bond acceptors (Lipinski definition) is 3. The second kappa shape index (κ2) is 5.36. The Morgan fingerprint density at radius 3 is 3.00 bits per heavy atom. The van der Waals surface area contributed by atoms with Crippen molar-refractivity contribution in [1.29, 1.82) is 0 Å². The zero-order valence-corrected chi connectivity index (χ0v) is 12.1. The highest BCUT2D eigenvalue weighted by molar-refractivity contribution is 9.10. The Labute approximate surface area is 112 Å². The first-order valence-electron chi connectivity index (χ1n) is 6.24. The van der Waals surface area contributed by atoms with Gasteiger partial charge < -0.3 is 10.6 Å². The fourth-order valence-corrected chi connectivity index (χ4v) is 3.15. The van der Waals surface area contributed by atoms with E-state index in [1.54, 1.807) is 0 Å². The molecule has 0 saturated carbocycles. The summed E-state index contributed by atoms with van der Waals surface area (Å²) in [6.07, 6.45) is 4.12. The van der Waals surface area contributed by atoms with E-state index in [4.69, 9.17) is 5.73 Å². The molecule has 1 aliphatic rings. The van der Waals surface area contributed by atoms with Crippen LogP contribution in [0.3, 0.4) is 0 Å². The fraction of sp³-hybridized carbons (Fsp3) is 0.615. The lowest BCUT2D eigenvalue weighted by Crippen LogP contribution is -2.47. The first-order chi connectivity index (χ1) is 8.11. The van der Waals surface area contributed by atoms with Crippen molar-refractivity contribution >= 4 is 21.7 Å². The standard InChI is InChI=1S/C13H20BrN3/c1-3-10-8-17(5-4-12(10)15)13-11(14)6-9(2)7-16-13/h6-7,10,12H,3-5,8,15H2,1-2H3. The van der Waals surface area contributed by atoms with Gasteiger partial charge in [0, 0.05) is 25.3 Å². The predicted octanol–water partition coefficient (Wildman–Crippen LogP) is 2.72. The number of nitrogens with two attached hydrogens (primary N) is 1. The number of nitrogens with zero attached hydrogens (tertiary/aromatic N) is 2. The molecule has 2 atom stereocenters. The molecule has 2 rings (SSSR count). The Morgan fingerprint density at radius 1 is 1.59 bits per heavy atom. The molecule has 1 aliphatic heterocycles. The highest BCUT2D eigenvalue weighted by atomic mass is 79.9. The average Bonchev–Trinajstić information content (AvgIpc) is 2.30. The van der Waals surface area contributed by atoms with Gasteiger partial charge in [-0.05, 0) is 46.8 Å². The molecule has 0 amide bonds. The van der Waals surface area contributed by atoms with E-state index in [-0.39, 0.29) is 0 Å². The zero-order chi connectivity index (χ0) is 12.4. The average molecular weight is 298 g/mol. The Hall–Kier alpha value is -0.610. The lowest BCUT2D eigenvalue weighted by molar-refractivity contribution is 0.346. The van der Waals surface area contributed by atoms with Gasteiger partial charge >= 0.3 is 0 Å². The fourth-order valence-electron chi connectivity index (χ4n) is 2.43. The number of anilines is 1. The topological polar surface area (TPSA) is 42.2 Å². The molecule has 2 unspecified atom stereocenters. The third-order valence-electron chi connectivity index (χ3n) is 3.58. The maximum Gasteiger partial charge on any atom is 0.142 e. The van der Waals surface area contributed by atoms with Gasteiger partial charge in [-0.25, -0.2) is 4.98 Å². The molecule has 0 aliphatic carbocycles. The third kappa shape index (κ3) is 2.80. The van der Waals surface area contributed by atoms with Crippen molar-refractivity contribution in [2.75, 3.05) is 18.0 Å². The number of aromatic nitrogens is 1. The van der Waals surface area contributed by atoms with E-state index in [0.717, 1.165) is 36.2 Å². The Balaban J connectivity index is 2.17. The van der Waals surface area contributed by atoms with E-state index in [1.165, 1.54) is 5.56 Å². The van der Waals surface area contributed by atoms with Crippen molar-refractivity contribution in [1.82, 2.24) is 4.98 Å². The second-order valence-electron chi connectivity index (χ2n) is 4.88. The summed E-state index contributed by atoms with van der Waals surface area (Å²) < 4.78 is 1.09. The Kier molecular flexibility index (Phi) is 4.05. The molecular weight excluding hydrogens is 278 g/mol. The van der Waals surface area contributed by atoms with Crippen molar-refractivity contribution < 1.29 is 0 Å². The van der Waals surface area contributed by atoms with Gasteiger partial charge in [-0.1, -0.05) is 13.3 Å². The molecule has 0 radical (unpaired) electrons. The summed E-state index contributed by atoms with van der Waals surface area (Å²) in [5, 5.41) is 0. The summed E-state index contributed by atoms with van der Waals surface area (Å²) in [7, 11) is 0. The van der Waals surface area contributed by atoms with Gasteiger partial charge in [-0.15, -0.1) is 0 Å². The molecular formula is C13H20BrN3. The molecule has 1 aromatic heterocycles. The molecule has 0 aromatic carbocycles. The molecule has 1 aromatic rings. The van der Waals surface area contributed by atoms with Crippen molar-refractivity contribution in [2.45, 2.75) is 32.7 Å². The summed E-state index contributed by atoms with van der Waals surface area (Å²) in [4.78, 5) is 6.88. The minimum absolute atomic E-state index is 0.348. The van der Waals surface area contributed by atoms with E-state index in [0.29, 0.717) is 12.0 Å².